The van der Waals surface area contributed by atoms with Crippen molar-refractivity contribution < 1.29 is 4.79 Å². The topological polar surface area (TPSA) is 87.8 Å². The van der Waals surface area contributed by atoms with Crippen molar-refractivity contribution in [2.24, 2.45) is 7.05 Å². The molecule has 2 heterocycles. The van der Waals surface area contributed by atoms with E-state index in [1.165, 1.54) is 34.2 Å². The van der Waals surface area contributed by atoms with Crippen molar-refractivity contribution in [1.82, 2.24) is 9.55 Å². The van der Waals surface area contributed by atoms with Crippen LogP contribution in [-0.4, -0.2) is 15.5 Å². The molecule has 3 aromatic rings. The number of carbonyl (C=O) groups is 1. The summed E-state index contributed by atoms with van der Waals surface area (Å²) in [5, 5.41) is 12.0. The van der Waals surface area contributed by atoms with Gasteiger partial charge in [-0.05, 0) is 23.8 Å². The number of aromatic nitrogens is 2. The van der Waals surface area contributed by atoms with Gasteiger partial charge < -0.3 is 4.57 Å². The number of thiazole rings is 1. The lowest BCUT2D eigenvalue weighted by atomic mass is 10.1. The monoisotopic (exact) mass is 336 g/mol. The second-order valence-corrected chi connectivity index (χ2v) is 6.07. The molecule has 2 aromatic heterocycles. The highest BCUT2D eigenvalue weighted by molar-refractivity contribution is 7.19. The Hall–Kier alpha value is -3.24. The third-order valence-electron chi connectivity index (χ3n) is 3.37. The van der Waals surface area contributed by atoms with Crippen molar-refractivity contribution >= 4 is 22.4 Å². The SMILES string of the molecule is Cn1cc(C(=O)Nc2ncc(-c3ccc(C#N)cc3)s2)ccc1=O. The summed E-state index contributed by atoms with van der Waals surface area (Å²) >= 11 is 1.34. The van der Waals surface area contributed by atoms with Gasteiger partial charge in [-0.15, -0.1) is 0 Å². The Morgan fingerprint density at radius 2 is 2.00 bits per heavy atom. The van der Waals surface area contributed by atoms with E-state index in [1.807, 2.05) is 12.1 Å². The van der Waals surface area contributed by atoms with E-state index in [1.54, 1.807) is 25.4 Å². The number of nitrogens with zero attached hydrogens (tertiary/aromatic N) is 3. The maximum absolute atomic E-state index is 12.2. The van der Waals surface area contributed by atoms with Gasteiger partial charge in [0, 0.05) is 25.5 Å². The first kappa shape index (κ1) is 15.6. The van der Waals surface area contributed by atoms with Gasteiger partial charge in [-0.3, -0.25) is 14.9 Å². The fourth-order valence-electron chi connectivity index (χ4n) is 2.07. The quantitative estimate of drug-likeness (QED) is 0.796. The van der Waals surface area contributed by atoms with Crippen LogP contribution in [0.1, 0.15) is 15.9 Å². The molecule has 0 saturated heterocycles. The van der Waals surface area contributed by atoms with Crippen LogP contribution in [0.5, 0.6) is 0 Å². The van der Waals surface area contributed by atoms with Gasteiger partial charge in [0.1, 0.15) is 0 Å². The molecule has 0 unspecified atom stereocenters. The number of amides is 1. The molecule has 1 N–H and O–H groups in total. The molecule has 1 amide bonds. The minimum Gasteiger partial charge on any atom is -0.318 e. The molecule has 1 aromatic carbocycles. The standard InChI is InChI=1S/C17H12N4O2S/c1-21-10-13(6-7-15(21)22)16(23)20-17-19-9-14(24-17)12-4-2-11(8-18)3-5-12/h2-7,9-10H,1H3,(H,19,20,23). The molecule has 24 heavy (non-hydrogen) atoms. The zero-order valence-corrected chi connectivity index (χ0v) is 13.5. The first-order chi connectivity index (χ1) is 11.6. The van der Waals surface area contributed by atoms with E-state index in [0.717, 1.165) is 10.4 Å². The van der Waals surface area contributed by atoms with Crippen molar-refractivity contribution in [3.63, 3.8) is 0 Å². The van der Waals surface area contributed by atoms with E-state index in [2.05, 4.69) is 16.4 Å². The Kier molecular flexibility index (Phi) is 4.22. The first-order valence-electron chi connectivity index (χ1n) is 7.01. The molecular formula is C17H12N4O2S. The van der Waals surface area contributed by atoms with Crippen molar-refractivity contribution in [3.8, 4) is 16.5 Å². The second kappa shape index (κ2) is 6.48. The maximum atomic E-state index is 12.2. The second-order valence-electron chi connectivity index (χ2n) is 5.04. The molecule has 0 aliphatic heterocycles. The highest BCUT2D eigenvalue weighted by Gasteiger charge is 2.11. The number of nitriles is 1. The number of pyridine rings is 1. The van der Waals surface area contributed by atoms with Crippen LogP contribution in [-0.2, 0) is 7.05 Å². The van der Waals surface area contributed by atoms with Gasteiger partial charge in [0.05, 0.1) is 22.1 Å². The Labute approximate surface area is 141 Å². The van der Waals surface area contributed by atoms with Crippen LogP contribution < -0.4 is 10.9 Å². The Bertz CT molecular complexity index is 996. The molecule has 118 valence electrons. The highest BCUT2D eigenvalue weighted by atomic mass is 32.1. The Morgan fingerprint density at radius 1 is 1.25 bits per heavy atom. The summed E-state index contributed by atoms with van der Waals surface area (Å²) in [4.78, 5) is 28.6. The van der Waals surface area contributed by atoms with Crippen LogP contribution in [0.4, 0.5) is 5.13 Å². The van der Waals surface area contributed by atoms with Crippen molar-refractivity contribution in [2.75, 3.05) is 5.32 Å². The molecule has 0 saturated carbocycles. The predicted molar refractivity (Wildman–Crippen MR) is 91.9 cm³/mol. The highest BCUT2D eigenvalue weighted by Crippen LogP contribution is 2.29. The van der Waals surface area contributed by atoms with Crippen LogP contribution in [0.3, 0.4) is 0 Å². The van der Waals surface area contributed by atoms with Gasteiger partial charge in [-0.2, -0.15) is 5.26 Å². The van der Waals surface area contributed by atoms with Crippen LogP contribution in [0.2, 0.25) is 0 Å². The van der Waals surface area contributed by atoms with Crippen molar-refractivity contribution in [3.05, 3.63) is 70.3 Å². The van der Waals surface area contributed by atoms with E-state index in [9.17, 15) is 9.59 Å². The molecule has 6 nitrogen and oxygen atoms in total. The van der Waals surface area contributed by atoms with Crippen LogP contribution in [0, 0.1) is 11.3 Å². The number of hydrogen-bond donors (Lipinski definition) is 1. The summed E-state index contributed by atoms with van der Waals surface area (Å²) in [6, 6.07) is 12.0. The normalized spacial score (nSPS) is 10.2. The third kappa shape index (κ3) is 3.24. The Balaban J connectivity index is 1.78. The predicted octanol–water partition coefficient (Wildman–Crippen LogP) is 2.63. The maximum Gasteiger partial charge on any atom is 0.258 e. The number of rotatable bonds is 3. The molecule has 0 bridgehead atoms. The smallest absolute Gasteiger partial charge is 0.258 e. The molecular weight excluding hydrogens is 324 g/mol. The minimum atomic E-state index is -0.327. The average Bonchev–Trinajstić information content (AvgIpc) is 3.06. The zero-order chi connectivity index (χ0) is 17.1. The lowest BCUT2D eigenvalue weighted by Crippen LogP contribution is -2.19. The largest absolute Gasteiger partial charge is 0.318 e. The Morgan fingerprint density at radius 3 is 2.67 bits per heavy atom. The third-order valence-corrected chi connectivity index (χ3v) is 4.33. The van der Waals surface area contributed by atoms with Gasteiger partial charge in [-0.25, -0.2) is 4.98 Å². The number of anilines is 1. The number of nitrogens with one attached hydrogen (secondary N) is 1. The van der Waals surface area contributed by atoms with Crippen molar-refractivity contribution in [1.29, 1.82) is 5.26 Å². The van der Waals surface area contributed by atoms with Gasteiger partial charge in [0.25, 0.3) is 5.91 Å². The van der Waals surface area contributed by atoms with E-state index in [4.69, 9.17) is 5.26 Å². The van der Waals surface area contributed by atoms with Crippen molar-refractivity contribution in [2.45, 2.75) is 0 Å². The summed E-state index contributed by atoms with van der Waals surface area (Å²) in [6.07, 6.45) is 3.15. The molecule has 0 aliphatic carbocycles. The molecule has 0 fully saturated rings. The van der Waals surface area contributed by atoms with E-state index < -0.39 is 0 Å². The van der Waals surface area contributed by atoms with Gasteiger partial charge in [0.15, 0.2) is 5.13 Å². The summed E-state index contributed by atoms with van der Waals surface area (Å²) in [5.41, 5.74) is 1.72. The molecule has 7 heteroatoms. The fraction of sp³-hybridized carbons (Fsp3) is 0.0588. The molecule has 0 spiro atoms. The minimum absolute atomic E-state index is 0.177. The van der Waals surface area contributed by atoms with E-state index in [0.29, 0.717) is 16.3 Å². The molecule has 3 rings (SSSR count). The average molecular weight is 336 g/mol. The summed E-state index contributed by atoms with van der Waals surface area (Å²) < 4.78 is 1.35. The number of benzene rings is 1. The molecule has 0 aliphatic rings. The number of carbonyl (C=O) groups excluding carboxylic acids is 1. The van der Waals surface area contributed by atoms with Crippen LogP contribution in [0.25, 0.3) is 10.4 Å². The van der Waals surface area contributed by atoms with Gasteiger partial charge >= 0.3 is 0 Å². The lowest BCUT2D eigenvalue weighted by Gasteiger charge is -2.03. The number of aryl methyl sites for hydroxylation is 1. The van der Waals surface area contributed by atoms with Crippen LogP contribution in [0.15, 0.2) is 53.6 Å². The molecule has 0 radical (unpaired) electrons. The first-order valence-corrected chi connectivity index (χ1v) is 7.83. The lowest BCUT2D eigenvalue weighted by molar-refractivity contribution is 0.102. The van der Waals surface area contributed by atoms with E-state index in [-0.39, 0.29) is 11.5 Å². The molecule has 0 atom stereocenters. The number of hydrogen-bond acceptors (Lipinski definition) is 5. The van der Waals surface area contributed by atoms with Crippen LogP contribution >= 0.6 is 11.3 Å². The summed E-state index contributed by atoms with van der Waals surface area (Å²) in [6.45, 7) is 0. The van der Waals surface area contributed by atoms with Gasteiger partial charge in [-0.1, -0.05) is 23.5 Å². The van der Waals surface area contributed by atoms with E-state index >= 15 is 0 Å². The zero-order valence-electron chi connectivity index (χ0n) is 12.7. The fourth-order valence-corrected chi connectivity index (χ4v) is 2.89. The summed E-state index contributed by atoms with van der Waals surface area (Å²) in [7, 11) is 1.59. The van der Waals surface area contributed by atoms with Gasteiger partial charge in [0.2, 0.25) is 5.56 Å². The summed E-state index contributed by atoms with van der Waals surface area (Å²) in [5.74, 6) is -0.327.